The summed E-state index contributed by atoms with van der Waals surface area (Å²) in [5, 5.41) is 13.6. The molecule has 5 heteroatoms. The van der Waals surface area contributed by atoms with Crippen LogP contribution in [0.5, 0.6) is 0 Å². The number of aryl methyl sites for hydroxylation is 1. The van der Waals surface area contributed by atoms with Gasteiger partial charge >= 0.3 is 0 Å². The Morgan fingerprint density at radius 3 is 2.76 bits per heavy atom. The molecule has 0 spiro atoms. The molecule has 0 radical (unpaired) electrons. The van der Waals surface area contributed by atoms with Gasteiger partial charge in [-0.2, -0.15) is 4.98 Å². The van der Waals surface area contributed by atoms with E-state index >= 15 is 0 Å². The van der Waals surface area contributed by atoms with E-state index in [0.29, 0.717) is 23.9 Å². The molecular formula is C12H16N2O3. The second kappa shape index (κ2) is 4.71. The molecule has 0 aliphatic carbocycles. The first-order valence-corrected chi connectivity index (χ1v) is 5.63. The standard InChI is InChI=1S/C12H16N2O3/c1-7(2)9(15)6-10-13-12(14-17-10)11-8(3)4-5-16-11/h4-5,7,9,15H,6H2,1-3H3. The first-order chi connectivity index (χ1) is 8.08. The third-order valence-corrected chi connectivity index (χ3v) is 2.69. The van der Waals surface area contributed by atoms with Crippen LogP contribution in [-0.4, -0.2) is 21.4 Å². The Balaban J connectivity index is 2.14. The average Bonchev–Trinajstić information content (AvgIpc) is 2.86. The van der Waals surface area contributed by atoms with E-state index in [4.69, 9.17) is 8.94 Å². The monoisotopic (exact) mass is 236 g/mol. The molecule has 0 aromatic carbocycles. The van der Waals surface area contributed by atoms with Crippen LogP contribution in [0, 0.1) is 12.8 Å². The summed E-state index contributed by atoms with van der Waals surface area (Å²) in [5.74, 6) is 1.63. The molecule has 0 amide bonds. The smallest absolute Gasteiger partial charge is 0.238 e. The van der Waals surface area contributed by atoms with Crippen molar-refractivity contribution in [1.82, 2.24) is 10.1 Å². The van der Waals surface area contributed by atoms with Gasteiger partial charge in [0, 0.05) is 0 Å². The van der Waals surface area contributed by atoms with E-state index in [1.165, 1.54) is 0 Å². The molecule has 2 rings (SSSR count). The van der Waals surface area contributed by atoms with Crippen LogP contribution in [0.25, 0.3) is 11.6 Å². The number of furan rings is 1. The summed E-state index contributed by atoms with van der Waals surface area (Å²) in [4.78, 5) is 4.20. The van der Waals surface area contributed by atoms with E-state index in [-0.39, 0.29) is 5.92 Å². The van der Waals surface area contributed by atoms with Crippen molar-refractivity contribution in [1.29, 1.82) is 0 Å². The number of aromatic nitrogens is 2. The van der Waals surface area contributed by atoms with Gasteiger partial charge in [0.25, 0.3) is 0 Å². The van der Waals surface area contributed by atoms with E-state index in [0.717, 1.165) is 5.56 Å². The van der Waals surface area contributed by atoms with Crippen LogP contribution < -0.4 is 0 Å². The highest BCUT2D eigenvalue weighted by atomic mass is 16.5. The predicted molar refractivity (Wildman–Crippen MR) is 61.3 cm³/mol. The minimum atomic E-state index is -0.471. The van der Waals surface area contributed by atoms with Crippen LogP contribution in [0.4, 0.5) is 0 Å². The number of nitrogens with zero attached hydrogens (tertiary/aromatic N) is 2. The zero-order valence-electron chi connectivity index (χ0n) is 10.2. The zero-order valence-corrected chi connectivity index (χ0v) is 10.2. The van der Waals surface area contributed by atoms with E-state index in [9.17, 15) is 5.11 Å². The van der Waals surface area contributed by atoms with Crippen molar-refractivity contribution in [2.24, 2.45) is 5.92 Å². The lowest BCUT2D eigenvalue weighted by Crippen LogP contribution is -2.17. The Kier molecular flexibility index (Phi) is 3.28. The van der Waals surface area contributed by atoms with Gasteiger partial charge in [-0.25, -0.2) is 0 Å². The number of rotatable bonds is 4. The quantitative estimate of drug-likeness (QED) is 0.881. The Morgan fingerprint density at radius 2 is 2.18 bits per heavy atom. The molecule has 2 aromatic heterocycles. The summed E-state index contributed by atoms with van der Waals surface area (Å²) in [5.41, 5.74) is 0.960. The summed E-state index contributed by atoms with van der Waals surface area (Å²) < 4.78 is 10.4. The molecule has 0 bridgehead atoms. The van der Waals surface area contributed by atoms with Crippen molar-refractivity contribution in [2.75, 3.05) is 0 Å². The normalized spacial score (nSPS) is 13.2. The Morgan fingerprint density at radius 1 is 1.41 bits per heavy atom. The lowest BCUT2D eigenvalue weighted by atomic mass is 10.0. The van der Waals surface area contributed by atoms with E-state index in [1.807, 2.05) is 26.8 Å². The summed E-state index contributed by atoms with van der Waals surface area (Å²) in [6.07, 6.45) is 1.48. The van der Waals surface area contributed by atoms with Gasteiger partial charge in [-0.05, 0) is 24.5 Å². The van der Waals surface area contributed by atoms with Crippen molar-refractivity contribution in [2.45, 2.75) is 33.3 Å². The SMILES string of the molecule is Cc1ccoc1-c1noc(CC(O)C(C)C)n1. The zero-order chi connectivity index (χ0) is 12.4. The van der Waals surface area contributed by atoms with Gasteiger partial charge in [0.05, 0.1) is 18.8 Å². The number of aliphatic hydroxyl groups excluding tert-OH is 1. The minimum Gasteiger partial charge on any atom is -0.461 e. The summed E-state index contributed by atoms with van der Waals surface area (Å²) in [6, 6.07) is 1.84. The fourth-order valence-corrected chi connectivity index (χ4v) is 1.45. The van der Waals surface area contributed by atoms with Gasteiger partial charge in [-0.15, -0.1) is 0 Å². The van der Waals surface area contributed by atoms with Crippen molar-refractivity contribution < 1.29 is 14.0 Å². The van der Waals surface area contributed by atoms with Crippen LogP contribution in [0.1, 0.15) is 25.3 Å². The molecule has 92 valence electrons. The highest BCUT2D eigenvalue weighted by Gasteiger charge is 2.17. The lowest BCUT2D eigenvalue weighted by molar-refractivity contribution is 0.116. The summed E-state index contributed by atoms with van der Waals surface area (Å²) in [6.45, 7) is 5.80. The van der Waals surface area contributed by atoms with Crippen LogP contribution in [-0.2, 0) is 6.42 Å². The van der Waals surface area contributed by atoms with Crippen molar-refractivity contribution in [3.8, 4) is 11.6 Å². The first kappa shape index (κ1) is 11.9. The van der Waals surface area contributed by atoms with Gasteiger partial charge in [-0.1, -0.05) is 19.0 Å². The molecule has 0 saturated heterocycles. The lowest BCUT2D eigenvalue weighted by Gasteiger charge is -2.10. The number of hydrogen-bond donors (Lipinski definition) is 1. The van der Waals surface area contributed by atoms with Gasteiger partial charge in [0.1, 0.15) is 0 Å². The predicted octanol–water partition coefficient (Wildman–Crippen LogP) is 2.20. The van der Waals surface area contributed by atoms with Crippen molar-refractivity contribution in [3.05, 3.63) is 23.8 Å². The van der Waals surface area contributed by atoms with E-state index in [2.05, 4.69) is 10.1 Å². The molecular weight excluding hydrogens is 220 g/mol. The molecule has 0 aliphatic rings. The topological polar surface area (TPSA) is 72.3 Å². The van der Waals surface area contributed by atoms with Crippen LogP contribution in [0.15, 0.2) is 21.3 Å². The molecule has 0 fully saturated rings. The highest BCUT2D eigenvalue weighted by molar-refractivity contribution is 5.50. The minimum absolute atomic E-state index is 0.163. The maximum absolute atomic E-state index is 9.72. The van der Waals surface area contributed by atoms with Gasteiger partial charge in [-0.3, -0.25) is 0 Å². The molecule has 5 nitrogen and oxygen atoms in total. The molecule has 1 N–H and O–H groups in total. The third kappa shape index (κ3) is 2.55. The Labute approximate surface area is 99.5 Å². The molecule has 1 atom stereocenters. The fourth-order valence-electron chi connectivity index (χ4n) is 1.45. The maximum Gasteiger partial charge on any atom is 0.238 e. The Bertz CT molecular complexity index is 487. The summed E-state index contributed by atoms with van der Waals surface area (Å²) in [7, 11) is 0. The molecule has 1 unspecified atom stereocenters. The molecule has 2 heterocycles. The maximum atomic E-state index is 9.72. The average molecular weight is 236 g/mol. The summed E-state index contributed by atoms with van der Waals surface area (Å²) >= 11 is 0. The third-order valence-electron chi connectivity index (χ3n) is 2.69. The fraction of sp³-hybridized carbons (Fsp3) is 0.500. The molecule has 17 heavy (non-hydrogen) atoms. The molecule has 0 saturated carbocycles. The highest BCUT2D eigenvalue weighted by Crippen LogP contribution is 2.21. The van der Waals surface area contributed by atoms with Gasteiger partial charge in [0.15, 0.2) is 5.76 Å². The van der Waals surface area contributed by atoms with Crippen LogP contribution >= 0.6 is 0 Å². The first-order valence-electron chi connectivity index (χ1n) is 5.63. The number of aliphatic hydroxyl groups is 1. The largest absolute Gasteiger partial charge is 0.461 e. The van der Waals surface area contributed by atoms with Crippen LogP contribution in [0.2, 0.25) is 0 Å². The van der Waals surface area contributed by atoms with Crippen molar-refractivity contribution >= 4 is 0 Å². The van der Waals surface area contributed by atoms with E-state index in [1.54, 1.807) is 6.26 Å². The van der Waals surface area contributed by atoms with Gasteiger partial charge in [0.2, 0.25) is 11.7 Å². The second-order valence-electron chi connectivity index (χ2n) is 4.46. The number of hydrogen-bond acceptors (Lipinski definition) is 5. The molecule has 2 aromatic rings. The van der Waals surface area contributed by atoms with Crippen LogP contribution in [0.3, 0.4) is 0 Å². The second-order valence-corrected chi connectivity index (χ2v) is 4.46. The van der Waals surface area contributed by atoms with Crippen molar-refractivity contribution in [3.63, 3.8) is 0 Å². The van der Waals surface area contributed by atoms with Gasteiger partial charge < -0.3 is 14.0 Å². The Hall–Kier alpha value is -1.62. The molecule has 0 aliphatic heterocycles. The van der Waals surface area contributed by atoms with E-state index < -0.39 is 6.10 Å².